The molecule has 94 valence electrons. The number of benzene rings is 1. The fourth-order valence-corrected chi connectivity index (χ4v) is 2.03. The van der Waals surface area contributed by atoms with Gasteiger partial charge in [0.2, 0.25) is 0 Å². The van der Waals surface area contributed by atoms with E-state index in [1.54, 1.807) is 6.08 Å². The molecule has 2 N–H and O–H groups in total. The average molecular weight is 244 g/mol. The lowest BCUT2D eigenvalue weighted by atomic mass is 10.1. The van der Waals surface area contributed by atoms with Crippen molar-refractivity contribution in [1.29, 1.82) is 0 Å². The Morgan fingerprint density at radius 1 is 1.50 bits per heavy atom. The zero-order chi connectivity index (χ0) is 13.0. The average Bonchev–Trinajstić information content (AvgIpc) is 2.77. The van der Waals surface area contributed by atoms with Gasteiger partial charge < -0.3 is 15.0 Å². The third-order valence-corrected chi connectivity index (χ3v) is 2.88. The molecule has 4 nitrogen and oxygen atoms in total. The summed E-state index contributed by atoms with van der Waals surface area (Å²) in [5.41, 5.74) is 3.25. The third kappa shape index (κ3) is 2.37. The molecule has 0 fully saturated rings. The lowest BCUT2D eigenvalue weighted by Gasteiger charge is -2.04. The van der Waals surface area contributed by atoms with E-state index >= 15 is 0 Å². The number of H-pyrrole nitrogens is 1. The van der Waals surface area contributed by atoms with Crippen LogP contribution in [0.15, 0.2) is 30.8 Å². The molecular weight excluding hydrogens is 228 g/mol. The smallest absolute Gasteiger partial charge is 0.406 e. The first-order chi connectivity index (χ1) is 8.76. The first kappa shape index (κ1) is 12.2. The molecule has 0 bridgehead atoms. The van der Waals surface area contributed by atoms with E-state index in [-0.39, 0.29) is 0 Å². The van der Waals surface area contributed by atoms with E-state index < -0.39 is 6.09 Å². The van der Waals surface area contributed by atoms with Gasteiger partial charge in [-0.15, -0.1) is 0 Å². The number of nitrogens with one attached hydrogen (secondary N) is 2. The number of aromatic nitrogens is 1. The summed E-state index contributed by atoms with van der Waals surface area (Å²) in [5, 5.41) is 3.84. The number of carbonyl (C=O) groups excluding carboxylic acids is 1. The summed E-state index contributed by atoms with van der Waals surface area (Å²) in [6.07, 6.45) is 2.13. The van der Waals surface area contributed by atoms with Crippen LogP contribution in [-0.4, -0.2) is 24.7 Å². The number of amides is 1. The molecular formula is C14H16N2O2. The molecule has 0 aliphatic heterocycles. The van der Waals surface area contributed by atoms with Gasteiger partial charge in [-0.3, -0.25) is 0 Å². The van der Waals surface area contributed by atoms with Gasteiger partial charge >= 0.3 is 6.09 Å². The van der Waals surface area contributed by atoms with Crippen molar-refractivity contribution in [3.63, 3.8) is 0 Å². The quantitative estimate of drug-likeness (QED) is 0.868. The minimum Gasteiger partial charge on any atom is -0.453 e. The molecule has 1 amide bonds. The number of alkyl carbamates (subject to hydrolysis) is 1. The first-order valence-electron chi connectivity index (χ1n) is 5.80. The van der Waals surface area contributed by atoms with Gasteiger partial charge in [-0.25, -0.2) is 4.79 Å². The largest absolute Gasteiger partial charge is 0.453 e. The Bertz CT molecular complexity index is 572. The SMILES string of the molecule is C=Cc1[nH]c2ccccc2c1CCNC(=O)OC. The van der Waals surface area contributed by atoms with Crippen molar-refractivity contribution in [1.82, 2.24) is 10.3 Å². The summed E-state index contributed by atoms with van der Waals surface area (Å²) < 4.78 is 4.54. The van der Waals surface area contributed by atoms with Gasteiger partial charge in [0.25, 0.3) is 0 Å². The number of para-hydroxylation sites is 1. The number of carbonyl (C=O) groups is 1. The lowest BCUT2D eigenvalue weighted by molar-refractivity contribution is 0.171. The summed E-state index contributed by atoms with van der Waals surface area (Å²) in [5.74, 6) is 0. The van der Waals surface area contributed by atoms with Crippen LogP contribution in [0.2, 0.25) is 0 Å². The molecule has 18 heavy (non-hydrogen) atoms. The van der Waals surface area contributed by atoms with Gasteiger partial charge in [0.15, 0.2) is 0 Å². The van der Waals surface area contributed by atoms with Gasteiger partial charge in [0.05, 0.1) is 7.11 Å². The van der Waals surface area contributed by atoms with Gasteiger partial charge in [-0.05, 0) is 24.1 Å². The molecule has 0 spiro atoms. The predicted octanol–water partition coefficient (Wildman–Crippen LogP) is 2.71. The maximum atomic E-state index is 11.0. The van der Waals surface area contributed by atoms with Crippen LogP contribution in [0.5, 0.6) is 0 Å². The van der Waals surface area contributed by atoms with Crippen LogP contribution >= 0.6 is 0 Å². The highest BCUT2D eigenvalue weighted by molar-refractivity contribution is 5.87. The number of hydrogen-bond donors (Lipinski definition) is 2. The number of hydrogen-bond acceptors (Lipinski definition) is 2. The Kier molecular flexibility index (Phi) is 3.67. The molecule has 0 radical (unpaired) electrons. The zero-order valence-electron chi connectivity index (χ0n) is 10.3. The van der Waals surface area contributed by atoms with E-state index in [1.165, 1.54) is 12.5 Å². The summed E-state index contributed by atoms with van der Waals surface area (Å²) >= 11 is 0. The van der Waals surface area contributed by atoms with Gasteiger partial charge in [0, 0.05) is 23.1 Å². The second kappa shape index (κ2) is 5.40. The van der Waals surface area contributed by atoms with E-state index in [9.17, 15) is 4.79 Å². The van der Waals surface area contributed by atoms with Crippen molar-refractivity contribution < 1.29 is 9.53 Å². The van der Waals surface area contributed by atoms with Gasteiger partial charge in [-0.1, -0.05) is 24.8 Å². The van der Waals surface area contributed by atoms with Crippen molar-refractivity contribution in [2.24, 2.45) is 0 Å². The second-order valence-corrected chi connectivity index (χ2v) is 3.94. The fourth-order valence-electron chi connectivity index (χ4n) is 2.03. The molecule has 2 aromatic rings. The van der Waals surface area contributed by atoms with Crippen LogP contribution in [0.3, 0.4) is 0 Å². The minimum absolute atomic E-state index is 0.407. The Morgan fingerprint density at radius 2 is 2.28 bits per heavy atom. The van der Waals surface area contributed by atoms with Gasteiger partial charge in [0.1, 0.15) is 0 Å². The molecule has 2 rings (SSSR count). The predicted molar refractivity (Wildman–Crippen MR) is 72.5 cm³/mol. The Labute approximate surface area is 106 Å². The van der Waals surface area contributed by atoms with Crippen molar-refractivity contribution >= 4 is 23.1 Å². The zero-order valence-corrected chi connectivity index (χ0v) is 10.3. The van der Waals surface area contributed by atoms with Crippen molar-refractivity contribution in [2.45, 2.75) is 6.42 Å². The van der Waals surface area contributed by atoms with Crippen LogP contribution in [0.1, 0.15) is 11.3 Å². The maximum Gasteiger partial charge on any atom is 0.406 e. The number of fused-ring (bicyclic) bond motifs is 1. The lowest BCUT2D eigenvalue weighted by Crippen LogP contribution is -2.25. The molecule has 1 aromatic heterocycles. The Hall–Kier alpha value is -2.23. The van der Waals surface area contributed by atoms with E-state index in [0.717, 1.165) is 23.2 Å². The van der Waals surface area contributed by atoms with E-state index in [2.05, 4.69) is 27.7 Å². The van der Waals surface area contributed by atoms with Crippen LogP contribution in [0, 0.1) is 0 Å². The van der Waals surface area contributed by atoms with Crippen LogP contribution in [0.25, 0.3) is 17.0 Å². The van der Waals surface area contributed by atoms with Crippen LogP contribution < -0.4 is 5.32 Å². The van der Waals surface area contributed by atoms with E-state index in [1.807, 2.05) is 18.2 Å². The molecule has 4 heteroatoms. The summed E-state index contributed by atoms with van der Waals surface area (Å²) in [4.78, 5) is 14.3. The molecule has 0 atom stereocenters. The standard InChI is InChI=1S/C14H16N2O2/c1-3-12-11(8-9-15-14(17)18-2)10-6-4-5-7-13(10)16-12/h3-7,16H,1,8-9H2,2H3,(H,15,17). The third-order valence-electron chi connectivity index (χ3n) is 2.88. The first-order valence-corrected chi connectivity index (χ1v) is 5.80. The number of ether oxygens (including phenoxy) is 1. The highest BCUT2D eigenvalue weighted by Crippen LogP contribution is 2.23. The molecule has 1 aromatic carbocycles. The Balaban J connectivity index is 2.20. The number of aromatic amines is 1. The normalized spacial score (nSPS) is 10.3. The molecule has 0 saturated heterocycles. The monoisotopic (exact) mass is 244 g/mol. The van der Waals surface area contributed by atoms with Crippen molar-refractivity contribution in [3.8, 4) is 0 Å². The highest BCUT2D eigenvalue weighted by Gasteiger charge is 2.09. The maximum absolute atomic E-state index is 11.0. The summed E-state index contributed by atoms with van der Waals surface area (Å²) in [7, 11) is 1.36. The molecule has 0 aliphatic rings. The van der Waals surface area contributed by atoms with E-state index in [0.29, 0.717) is 6.54 Å². The number of rotatable bonds is 4. The Morgan fingerprint density at radius 3 is 3.00 bits per heavy atom. The molecule has 1 heterocycles. The minimum atomic E-state index is -0.407. The van der Waals surface area contributed by atoms with Crippen LogP contribution in [-0.2, 0) is 11.2 Å². The van der Waals surface area contributed by atoms with Crippen LogP contribution in [0.4, 0.5) is 4.79 Å². The van der Waals surface area contributed by atoms with Crippen molar-refractivity contribution in [3.05, 3.63) is 42.1 Å². The topological polar surface area (TPSA) is 54.1 Å². The highest BCUT2D eigenvalue weighted by atomic mass is 16.5. The summed E-state index contributed by atoms with van der Waals surface area (Å²) in [6, 6.07) is 8.08. The molecule has 0 unspecified atom stereocenters. The summed E-state index contributed by atoms with van der Waals surface area (Å²) in [6.45, 7) is 4.34. The fraction of sp³-hybridized carbons (Fsp3) is 0.214. The van der Waals surface area contributed by atoms with Crippen molar-refractivity contribution in [2.75, 3.05) is 13.7 Å². The number of methoxy groups -OCH3 is 1. The van der Waals surface area contributed by atoms with E-state index in [4.69, 9.17) is 0 Å². The molecule has 0 aliphatic carbocycles. The molecule has 0 saturated carbocycles. The second-order valence-electron chi connectivity index (χ2n) is 3.94. The van der Waals surface area contributed by atoms with Gasteiger partial charge in [-0.2, -0.15) is 0 Å².